The average molecular weight is 474 g/mol. The number of primary amides is 1. The molecule has 4 rings (SSSR count). The van der Waals surface area contributed by atoms with Gasteiger partial charge in [-0.05, 0) is 57.1 Å². The molecule has 0 aromatic heterocycles. The zero-order valence-electron chi connectivity index (χ0n) is 19.0. The summed E-state index contributed by atoms with van der Waals surface area (Å²) in [5.74, 6) is -1.14. The average Bonchev–Trinajstić information content (AvgIpc) is 2.83. The Hall–Kier alpha value is -2.43. The first-order valence-corrected chi connectivity index (χ1v) is 12.0. The number of allylic oxidation sites excluding steroid dienone is 1. The number of amides is 3. The Morgan fingerprint density at radius 2 is 1.91 bits per heavy atom. The normalized spacial score (nSPS) is 25.4. The third-order valence-corrected chi connectivity index (χ3v) is 7.45. The zero-order valence-corrected chi connectivity index (χ0v) is 19.8. The van der Waals surface area contributed by atoms with Crippen LogP contribution in [0.1, 0.15) is 32.1 Å². The van der Waals surface area contributed by atoms with Gasteiger partial charge >= 0.3 is 0 Å². The molecule has 3 amide bonds. The van der Waals surface area contributed by atoms with Gasteiger partial charge in [-0.1, -0.05) is 18.6 Å². The molecule has 0 spiro atoms. The minimum Gasteiger partial charge on any atom is -0.383 e. The van der Waals surface area contributed by atoms with Crippen molar-refractivity contribution in [2.45, 2.75) is 37.6 Å². The minimum absolute atomic E-state index is 0.135. The highest BCUT2D eigenvalue weighted by Gasteiger charge is 2.46. The molecule has 0 saturated carbocycles. The second kappa shape index (κ2) is 9.82. The van der Waals surface area contributed by atoms with E-state index in [-0.39, 0.29) is 22.8 Å². The lowest BCUT2D eigenvalue weighted by atomic mass is 9.83. The second-order valence-corrected chi connectivity index (χ2v) is 9.34. The maximum Gasteiger partial charge on any atom is 0.253 e. The summed E-state index contributed by atoms with van der Waals surface area (Å²) in [6.45, 7) is 3.38. The van der Waals surface area contributed by atoms with Crippen molar-refractivity contribution in [2.24, 2.45) is 16.6 Å². The third-order valence-electron chi connectivity index (χ3n) is 7.14. The molecule has 1 atom stereocenters. The number of rotatable bonds is 6. The molecule has 3 heterocycles. The molecule has 2 N–H and O–H groups in total. The predicted octanol–water partition coefficient (Wildman–Crippen LogP) is 0.646. The van der Waals surface area contributed by atoms with Gasteiger partial charge in [0.15, 0.2) is 0 Å². The predicted molar refractivity (Wildman–Crippen MR) is 127 cm³/mol. The lowest BCUT2D eigenvalue weighted by Gasteiger charge is -2.48. The van der Waals surface area contributed by atoms with Gasteiger partial charge in [0.25, 0.3) is 5.91 Å². The van der Waals surface area contributed by atoms with Crippen LogP contribution in [0.5, 0.6) is 0 Å². The van der Waals surface area contributed by atoms with Crippen molar-refractivity contribution in [1.29, 1.82) is 0 Å². The van der Waals surface area contributed by atoms with Crippen LogP contribution in [-0.2, 0) is 19.1 Å². The fraction of sp³-hybridized carbons (Fsp3) is 0.609. The van der Waals surface area contributed by atoms with Gasteiger partial charge in [0, 0.05) is 25.8 Å². The van der Waals surface area contributed by atoms with E-state index in [0.29, 0.717) is 50.4 Å². The number of fused-ring (bicyclic) bond motifs is 1. The zero-order chi connectivity index (χ0) is 23.6. The van der Waals surface area contributed by atoms with Gasteiger partial charge in [-0.3, -0.25) is 24.2 Å². The summed E-state index contributed by atoms with van der Waals surface area (Å²) >= 11 is 5.29. The van der Waals surface area contributed by atoms with Gasteiger partial charge in [0.05, 0.1) is 24.8 Å². The van der Waals surface area contributed by atoms with Crippen LogP contribution in [0.15, 0.2) is 28.8 Å². The fourth-order valence-electron chi connectivity index (χ4n) is 5.16. The number of likely N-dealkylation sites (tertiary alicyclic amines) is 2. The molecular formula is C23H31N5O4S. The summed E-state index contributed by atoms with van der Waals surface area (Å²) in [5.41, 5.74) is 6.15. The standard InChI is InChI=1S/C23H31N5O4S/c1-32-14-13-28-20(30)17-6-5-16(15-18(17)25-22(28)33)19(29)26-11-7-23(8-12-26,21(24)31)27-9-3-2-4-10-27/h5-6,15,17H,2-4,7-14H2,1H3,(H2,24,31). The first-order chi connectivity index (χ1) is 15.9. The van der Waals surface area contributed by atoms with E-state index in [2.05, 4.69) is 9.89 Å². The van der Waals surface area contributed by atoms with E-state index in [1.807, 2.05) is 0 Å². The van der Waals surface area contributed by atoms with Crippen molar-refractivity contribution in [3.05, 3.63) is 23.8 Å². The van der Waals surface area contributed by atoms with Crippen LogP contribution >= 0.6 is 12.2 Å². The number of methoxy groups -OCH3 is 1. The van der Waals surface area contributed by atoms with Crippen molar-refractivity contribution >= 4 is 40.8 Å². The number of nitrogens with two attached hydrogens (primary N) is 1. The van der Waals surface area contributed by atoms with Gasteiger partial charge < -0.3 is 15.4 Å². The minimum atomic E-state index is -0.670. The van der Waals surface area contributed by atoms with Crippen LogP contribution in [-0.4, -0.2) is 95.2 Å². The van der Waals surface area contributed by atoms with Crippen LogP contribution in [0.25, 0.3) is 0 Å². The molecule has 1 aliphatic carbocycles. The molecule has 4 aliphatic rings. The first-order valence-electron chi connectivity index (χ1n) is 11.5. The molecule has 0 bridgehead atoms. The number of carbonyl (C=O) groups excluding carboxylic acids is 3. The summed E-state index contributed by atoms with van der Waals surface area (Å²) in [4.78, 5) is 48.3. The Morgan fingerprint density at radius 3 is 2.55 bits per heavy atom. The van der Waals surface area contributed by atoms with Gasteiger partial charge in [0.1, 0.15) is 5.54 Å². The molecule has 10 heteroatoms. The highest BCUT2D eigenvalue weighted by atomic mass is 32.1. The maximum atomic E-state index is 13.2. The molecule has 9 nitrogen and oxygen atoms in total. The number of hydrogen-bond donors (Lipinski definition) is 1. The van der Waals surface area contributed by atoms with Gasteiger partial charge in [-0.2, -0.15) is 0 Å². The molecule has 0 aromatic rings. The smallest absolute Gasteiger partial charge is 0.253 e. The Labute approximate surface area is 199 Å². The van der Waals surface area contributed by atoms with E-state index in [0.717, 1.165) is 25.9 Å². The number of piperidine rings is 2. The molecule has 3 aliphatic heterocycles. The van der Waals surface area contributed by atoms with Crippen molar-refractivity contribution in [2.75, 3.05) is 46.4 Å². The van der Waals surface area contributed by atoms with Crippen molar-refractivity contribution < 1.29 is 19.1 Å². The Balaban J connectivity index is 1.45. The first kappa shape index (κ1) is 23.7. The van der Waals surface area contributed by atoms with Crippen molar-refractivity contribution in [3.63, 3.8) is 0 Å². The van der Waals surface area contributed by atoms with Crippen LogP contribution in [0.3, 0.4) is 0 Å². The quantitative estimate of drug-likeness (QED) is 0.568. The summed E-state index contributed by atoms with van der Waals surface area (Å²) in [6.07, 6.45) is 9.44. The number of carbonyl (C=O) groups is 3. The highest BCUT2D eigenvalue weighted by Crippen LogP contribution is 2.32. The maximum absolute atomic E-state index is 13.2. The lowest BCUT2D eigenvalue weighted by Crippen LogP contribution is -2.63. The summed E-state index contributed by atoms with van der Waals surface area (Å²) < 4.78 is 5.05. The molecule has 2 saturated heterocycles. The monoisotopic (exact) mass is 473 g/mol. The van der Waals surface area contributed by atoms with Gasteiger partial charge in [-0.15, -0.1) is 0 Å². The second-order valence-electron chi connectivity index (χ2n) is 8.97. The molecule has 0 aromatic carbocycles. The van der Waals surface area contributed by atoms with Crippen molar-refractivity contribution in [1.82, 2.24) is 14.7 Å². The summed E-state index contributed by atoms with van der Waals surface area (Å²) in [6, 6.07) is 0. The highest BCUT2D eigenvalue weighted by molar-refractivity contribution is 7.80. The van der Waals surface area contributed by atoms with Crippen molar-refractivity contribution in [3.8, 4) is 0 Å². The van der Waals surface area contributed by atoms with E-state index < -0.39 is 11.5 Å². The Kier molecular flexibility index (Phi) is 7.06. The number of thiocarbonyl (C=S) groups is 1. The molecule has 1 unspecified atom stereocenters. The Morgan fingerprint density at radius 1 is 1.21 bits per heavy atom. The summed E-state index contributed by atoms with van der Waals surface area (Å²) in [7, 11) is 1.56. The number of aliphatic imine (C=N–C) groups is 1. The number of hydrogen-bond acceptors (Lipinski definition) is 6. The third kappa shape index (κ3) is 4.51. The molecule has 178 valence electrons. The van der Waals surface area contributed by atoms with E-state index in [4.69, 9.17) is 22.7 Å². The number of nitrogens with zero attached hydrogens (tertiary/aromatic N) is 4. The van der Waals surface area contributed by atoms with Crippen LogP contribution in [0, 0.1) is 5.92 Å². The van der Waals surface area contributed by atoms with Crippen LogP contribution < -0.4 is 5.73 Å². The van der Waals surface area contributed by atoms with E-state index in [1.165, 1.54) is 11.3 Å². The van der Waals surface area contributed by atoms with E-state index in [1.54, 1.807) is 30.2 Å². The molecule has 0 radical (unpaired) electrons. The summed E-state index contributed by atoms with van der Waals surface area (Å²) in [5, 5.41) is 0.187. The largest absolute Gasteiger partial charge is 0.383 e. The molecule has 33 heavy (non-hydrogen) atoms. The topological polar surface area (TPSA) is 109 Å². The van der Waals surface area contributed by atoms with E-state index >= 15 is 0 Å². The Bertz CT molecular complexity index is 929. The van der Waals surface area contributed by atoms with Gasteiger partial charge in [0.2, 0.25) is 16.9 Å². The van der Waals surface area contributed by atoms with Crippen LogP contribution in [0.2, 0.25) is 0 Å². The van der Waals surface area contributed by atoms with Gasteiger partial charge in [-0.25, -0.2) is 4.99 Å². The number of ether oxygens (including phenoxy) is 1. The molecule has 2 fully saturated rings. The van der Waals surface area contributed by atoms with E-state index in [9.17, 15) is 14.4 Å². The SMILES string of the molecule is COCCN1C(=O)C2C=CC(C(=O)N3CCC(C(N)=O)(N4CCCCC4)CC3)=CC2=NC1=S. The molecular weight excluding hydrogens is 442 g/mol. The van der Waals surface area contributed by atoms with Crippen LogP contribution in [0.4, 0.5) is 0 Å². The lowest BCUT2D eigenvalue weighted by molar-refractivity contribution is -0.140. The fourth-order valence-corrected chi connectivity index (χ4v) is 5.45.